The van der Waals surface area contributed by atoms with E-state index in [-0.39, 0.29) is 11.5 Å². The smallest absolute Gasteiger partial charge is 0.261 e. The average molecular weight is 262 g/mol. The van der Waals surface area contributed by atoms with Crippen LogP contribution in [0.5, 0.6) is 0 Å². The lowest BCUT2D eigenvalue weighted by Crippen LogP contribution is -2.26. The second kappa shape index (κ2) is 8.06. The number of amides is 1. The van der Waals surface area contributed by atoms with E-state index in [0.717, 1.165) is 12.0 Å². The fourth-order valence-corrected chi connectivity index (χ4v) is 1.45. The summed E-state index contributed by atoms with van der Waals surface area (Å²) in [4.78, 5) is 11.7. The molecule has 0 fully saturated rings. The van der Waals surface area contributed by atoms with Crippen LogP contribution in [0.4, 0.5) is 0 Å². The van der Waals surface area contributed by atoms with Crippen molar-refractivity contribution < 1.29 is 9.53 Å². The molecule has 0 saturated carbocycles. The van der Waals surface area contributed by atoms with E-state index in [0.29, 0.717) is 19.8 Å². The zero-order valence-corrected chi connectivity index (χ0v) is 11.2. The van der Waals surface area contributed by atoms with Crippen molar-refractivity contribution in [2.75, 3.05) is 19.8 Å². The highest BCUT2D eigenvalue weighted by atomic mass is 16.5. The quantitative estimate of drug-likeness (QED) is 0.449. The van der Waals surface area contributed by atoms with E-state index in [2.05, 4.69) is 10.4 Å². The monoisotopic (exact) mass is 262 g/mol. The van der Waals surface area contributed by atoms with Gasteiger partial charge in [0.2, 0.25) is 0 Å². The number of rotatable bonds is 7. The third-order valence-corrected chi connectivity index (χ3v) is 2.36. The van der Waals surface area contributed by atoms with Crippen LogP contribution in [-0.4, -0.2) is 35.4 Å². The van der Waals surface area contributed by atoms with Gasteiger partial charge in [-0.25, -0.2) is 0 Å². The molecule has 102 valence electrons. The maximum Gasteiger partial charge on any atom is 0.261 e. The lowest BCUT2D eigenvalue weighted by atomic mass is 10.2. The van der Waals surface area contributed by atoms with Crippen LogP contribution in [0, 0.1) is 11.3 Å². The molecule has 6 nitrogen and oxygen atoms in total. The minimum absolute atomic E-state index is 0.0735. The Hall–Kier alpha value is -2.13. The topological polar surface area (TPSA) is 79.9 Å². The van der Waals surface area contributed by atoms with Crippen molar-refractivity contribution in [2.24, 2.45) is 7.05 Å². The Morgan fingerprint density at radius 1 is 1.68 bits per heavy atom. The van der Waals surface area contributed by atoms with E-state index in [1.54, 1.807) is 24.1 Å². The molecule has 0 aliphatic carbocycles. The zero-order chi connectivity index (χ0) is 14.1. The van der Waals surface area contributed by atoms with Gasteiger partial charge in [0.15, 0.2) is 0 Å². The normalized spacial score (nSPS) is 11.1. The molecule has 0 atom stereocenters. The van der Waals surface area contributed by atoms with Gasteiger partial charge in [0.1, 0.15) is 11.6 Å². The highest BCUT2D eigenvalue weighted by molar-refractivity contribution is 6.01. The summed E-state index contributed by atoms with van der Waals surface area (Å²) in [5.41, 5.74) is 0.799. The Bertz CT molecular complexity index is 485. The van der Waals surface area contributed by atoms with E-state index >= 15 is 0 Å². The number of ether oxygens (including phenoxy) is 1. The molecule has 0 aliphatic heterocycles. The molecule has 0 saturated heterocycles. The number of aryl methyl sites for hydroxylation is 1. The van der Waals surface area contributed by atoms with Gasteiger partial charge in [0.25, 0.3) is 5.91 Å². The van der Waals surface area contributed by atoms with Crippen LogP contribution in [0.25, 0.3) is 6.08 Å². The van der Waals surface area contributed by atoms with Crippen LogP contribution >= 0.6 is 0 Å². The first kappa shape index (κ1) is 14.9. The molecule has 1 N–H and O–H groups in total. The Balaban J connectivity index is 2.49. The van der Waals surface area contributed by atoms with Crippen molar-refractivity contribution in [1.82, 2.24) is 15.1 Å². The number of hydrogen-bond acceptors (Lipinski definition) is 4. The van der Waals surface area contributed by atoms with E-state index in [1.165, 1.54) is 6.08 Å². The van der Waals surface area contributed by atoms with Gasteiger partial charge in [0, 0.05) is 38.6 Å². The second-order valence-electron chi connectivity index (χ2n) is 3.92. The van der Waals surface area contributed by atoms with Crippen LogP contribution < -0.4 is 5.32 Å². The van der Waals surface area contributed by atoms with Gasteiger partial charge < -0.3 is 10.1 Å². The first-order chi connectivity index (χ1) is 9.17. The molecule has 0 unspecified atom stereocenters. The largest absolute Gasteiger partial charge is 0.382 e. The summed E-state index contributed by atoms with van der Waals surface area (Å²) in [5, 5.41) is 15.6. The highest BCUT2D eigenvalue weighted by Crippen LogP contribution is 2.05. The van der Waals surface area contributed by atoms with Crippen molar-refractivity contribution in [3.05, 3.63) is 23.5 Å². The van der Waals surface area contributed by atoms with Gasteiger partial charge in [-0.05, 0) is 19.4 Å². The maximum atomic E-state index is 11.7. The summed E-state index contributed by atoms with van der Waals surface area (Å²) in [6.45, 7) is 3.68. The Morgan fingerprint density at radius 3 is 3.05 bits per heavy atom. The number of nitrogens with zero attached hydrogens (tertiary/aromatic N) is 3. The highest BCUT2D eigenvalue weighted by Gasteiger charge is 2.08. The van der Waals surface area contributed by atoms with Gasteiger partial charge in [-0.2, -0.15) is 10.4 Å². The predicted molar refractivity (Wildman–Crippen MR) is 70.9 cm³/mol. The van der Waals surface area contributed by atoms with Crippen LogP contribution in [0.2, 0.25) is 0 Å². The van der Waals surface area contributed by atoms with E-state index < -0.39 is 0 Å². The summed E-state index contributed by atoms with van der Waals surface area (Å²) >= 11 is 0. The molecule has 0 radical (unpaired) electrons. The fraction of sp³-hybridized carbons (Fsp3) is 0.462. The number of nitrogens with one attached hydrogen (secondary N) is 1. The van der Waals surface area contributed by atoms with Crippen LogP contribution in [0.1, 0.15) is 18.9 Å². The van der Waals surface area contributed by atoms with Gasteiger partial charge in [-0.15, -0.1) is 0 Å². The van der Waals surface area contributed by atoms with Crippen LogP contribution in [0.3, 0.4) is 0 Å². The zero-order valence-electron chi connectivity index (χ0n) is 11.2. The second-order valence-corrected chi connectivity index (χ2v) is 3.92. The number of carbonyl (C=O) groups is 1. The standard InChI is InChI=1S/C13H18N4O2/c1-3-19-6-4-5-15-13(18)12(8-14)7-11-9-16-17(2)10-11/h7,9-10H,3-6H2,1-2H3,(H,15,18)/b12-7+. The number of carbonyl (C=O) groups excluding carboxylic acids is 1. The Morgan fingerprint density at radius 2 is 2.47 bits per heavy atom. The van der Waals surface area contributed by atoms with Gasteiger partial charge in [0.05, 0.1) is 6.20 Å². The predicted octanol–water partition coefficient (Wildman–Crippen LogP) is 0.870. The number of aromatic nitrogens is 2. The molecule has 0 aliphatic rings. The first-order valence-electron chi connectivity index (χ1n) is 6.13. The third kappa shape index (κ3) is 5.36. The summed E-state index contributed by atoms with van der Waals surface area (Å²) in [7, 11) is 1.77. The van der Waals surface area contributed by atoms with Gasteiger partial charge in [-0.3, -0.25) is 9.48 Å². The molecule has 19 heavy (non-hydrogen) atoms. The first-order valence-corrected chi connectivity index (χ1v) is 6.13. The Kier molecular flexibility index (Phi) is 6.33. The SMILES string of the molecule is CCOCCCNC(=O)/C(C#N)=C/c1cnn(C)c1. The van der Waals surface area contributed by atoms with E-state index in [4.69, 9.17) is 10.00 Å². The van der Waals surface area contributed by atoms with Crippen molar-refractivity contribution in [2.45, 2.75) is 13.3 Å². The minimum Gasteiger partial charge on any atom is -0.382 e. The summed E-state index contributed by atoms with van der Waals surface area (Å²) < 4.78 is 6.77. The molecule has 0 aromatic carbocycles. The molecule has 1 aromatic heterocycles. The summed E-state index contributed by atoms with van der Waals surface area (Å²) in [6.07, 6.45) is 5.58. The fourth-order valence-electron chi connectivity index (χ4n) is 1.45. The number of hydrogen-bond donors (Lipinski definition) is 1. The summed E-state index contributed by atoms with van der Waals surface area (Å²) in [6, 6.07) is 1.89. The van der Waals surface area contributed by atoms with Gasteiger partial charge >= 0.3 is 0 Å². The van der Waals surface area contributed by atoms with Crippen molar-refractivity contribution in [3.8, 4) is 6.07 Å². The molecule has 1 aromatic rings. The maximum absolute atomic E-state index is 11.7. The molecule has 1 heterocycles. The Labute approximate surface area is 112 Å². The van der Waals surface area contributed by atoms with Crippen molar-refractivity contribution in [1.29, 1.82) is 5.26 Å². The van der Waals surface area contributed by atoms with Crippen LogP contribution in [-0.2, 0) is 16.6 Å². The molecule has 6 heteroatoms. The molecular formula is C13H18N4O2. The number of nitriles is 1. The minimum atomic E-state index is -0.372. The molecule has 0 spiro atoms. The van der Waals surface area contributed by atoms with Gasteiger partial charge in [-0.1, -0.05) is 0 Å². The lowest BCUT2D eigenvalue weighted by molar-refractivity contribution is -0.117. The van der Waals surface area contributed by atoms with E-state index in [9.17, 15) is 4.79 Å². The van der Waals surface area contributed by atoms with Crippen molar-refractivity contribution >= 4 is 12.0 Å². The van der Waals surface area contributed by atoms with Crippen molar-refractivity contribution in [3.63, 3.8) is 0 Å². The molecule has 0 bridgehead atoms. The van der Waals surface area contributed by atoms with Crippen LogP contribution in [0.15, 0.2) is 18.0 Å². The average Bonchev–Trinajstić information content (AvgIpc) is 2.81. The lowest BCUT2D eigenvalue weighted by Gasteiger charge is -2.04. The molecule has 1 amide bonds. The van der Waals surface area contributed by atoms with E-state index in [1.807, 2.05) is 13.0 Å². The third-order valence-electron chi connectivity index (χ3n) is 2.36. The molecular weight excluding hydrogens is 244 g/mol. The molecule has 1 rings (SSSR count). The summed E-state index contributed by atoms with van der Waals surface area (Å²) in [5.74, 6) is -0.372.